The molecular formula is C12H17NO2. The molecule has 0 spiro atoms. The highest BCUT2D eigenvalue weighted by Gasteiger charge is 2.23. The smallest absolute Gasteiger partial charge is 0.165 e. The summed E-state index contributed by atoms with van der Waals surface area (Å²) in [6.07, 6.45) is 1.17. The number of nitrogens with one attached hydrogen (secondary N) is 1. The van der Waals surface area contributed by atoms with Crippen molar-refractivity contribution in [3.8, 4) is 11.5 Å². The Morgan fingerprint density at radius 2 is 2.27 bits per heavy atom. The first kappa shape index (κ1) is 10.3. The molecule has 0 amide bonds. The van der Waals surface area contributed by atoms with E-state index in [1.54, 1.807) is 7.11 Å². The maximum atomic E-state index is 5.53. The van der Waals surface area contributed by atoms with Gasteiger partial charge in [0.15, 0.2) is 11.5 Å². The van der Waals surface area contributed by atoms with Gasteiger partial charge in [-0.05, 0) is 26.0 Å². The predicted molar refractivity (Wildman–Crippen MR) is 59.5 cm³/mol. The fraction of sp³-hybridized carbons (Fsp3) is 0.500. The van der Waals surface area contributed by atoms with Gasteiger partial charge in [-0.3, -0.25) is 0 Å². The SMILES string of the molecule is CCOc1cccc(C2CCN2)c1OC. The van der Waals surface area contributed by atoms with E-state index in [4.69, 9.17) is 9.47 Å². The molecule has 1 aliphatic heterocycles. The van der Waals surface area contributed by atoms with Crippen LogP contribution in [0.4, 0.5) is 0 Å². The molecule has 3 nitrogen and oxygen atoms in total. The zero-order valence-corrected chi connectivity index (χ0v) is 9.25. The Kier molecular flexibility index (Phi) is 3.11. The van der Waals surface area contributed by atoms with Crippen LogP contribution in [0.1, 0.15) is 24.9 Å². The highest BCUT2D eigenvalue weighted by molar-refractivity contribution is 5.48. The average molecular weight is 207 g/mol. The highest BCUT2D eigenvalue weighted by Crippen LogP contribution is 2.37. The maximum absolute atomic E-state index is 5.53. The van der Waals surface area contributed by atoms with Gasteiger partial charge in [-0.1, -0.05) is 12.1 Å². The molecular weight excluding hydrogens is 190 g/mol. The number of rotatable bonds is 4. The lowest BCUT2D eigenvalue weighted by atomic mass is 9.97. The van der Waals surface area contributed by atoms with Gasteiger partial charge in [0.2, 0.25) is 0 Å². The Hall–Kier alpha value is -1.22. The summed E-state index contributed by atoms with van der Waals surface area (Å²) in [5.74, 6) is 1.71. The van der Waals surface area contributed by atoms with E-state index in [1.165, 1.54) is 12.0 Å². The Bertz CT molecular complexity index is 334. The van der Waals surface area contributed by atoms with Gasteiger partial charge in [-0.15, -0.1) is 0 Å². The normalized spacial score (nSPS) is 19.5. The molecule has 1 saturated heterocycles. The molecule has 1 aromatic carbocycles. The molecule has 0 aromatic heterocycles. The van der Waals surface area contributed by atoms with E-state index in [0.717, 1.165) is 18.0 Å². The molecule has 1 N–H and O–H groups in total. The van der Waals surface area contributed by atoms with Gasteiger partial charge >= 0.3 is 0 Å². The molecule has 1 atom stereocenters. The van der Waals surface area contributed by atoms with Crippen LogP contribution in [0.15, 0.2) is 18.2 Å². The lowest BCUT2D eigenvalue weighted by Gasteiger charge is -2.29. The zero-order valence-electron chi connectivity index (χ0n) is 9.25. The number of hydrogen-bond donors (Lipinski definition) is 1. The van der Waals surface area contributed by atoms with E-state index < -0.39 is 0 Å². The van der Waals surface area contributed by atoms with Crippen molar-refractivity contribution in [2.75, 3.05) is 20.3 Å². The second-order valence-corrected chi connectivity index (χ2v) is 3.61. The summed E-state index contributed by atoms with van der Waals surface area (Å²) in [4.78, 5) is 0. The molecule has 82 valence electrons. The van der Waals surface area contributed by atoms with Gasteiger partial charge in [-0.2, -0.15) is 0 Å². The second kappa shape index (κ2) is 4.53. The summed E-state index contributed by atoms with van der Waals surface area (Å²) in [7, 11) is 1.69. The second-order valence-electron chi connectivity index (χ2n) is 3.61. The average Bonchev–Trinajstić information content (AvgIpc) is 2.16. The van der Waals surface area contributed by atoms with E-state index in [0.29, 0.717) is 12.6 Å². The van der Waals surface area contributed by atoms with Gasteiger partial charge in [0.1, 0.15) is 0 Å². The van der Waals surface area contributed by atoms with Crippen LogP contribution in [0.25, 0.3) is 0 Å². The Labute approximate surface area is 90.4 Å². The van der Waals surface area contributed by atoms with Gasteiger partial charge in [-0.25, -0.2) is 0 Å². The summed E-state index contributed by atoms with van der Waals surface area (Å²) in [6, 6.07) is 6.49. The summed E-state index contributed by atoms with van der Waals surface area (Å²) in [5, 5.41) is 3.37. The van der Waals surface area contributed by atoms with Crippen LogP contribution in [0.3, 0.4) is 0 Å². The number of methoxy groups -OCH3 is 1. The molecule has 1 aliphatic rings. The fourth-order valence-corrected chi connectivity index (χ4v) is 1.85. The molecule has 1 unspecified atom stereocenters. The van der Waals surface area contributed by atoms with E-state index in [2.05, 4.69) is 11.4 Å². The minimum atomic E-state index is 0.431. The van der Waals surface area contributed by atoms with Crippen molar-refractivity contribution in [3.05, 3.63) is 23.8 Å². The number of hydrogen-bond acceptors (Lipinski definition) is 3. The topological polar surface area (TPSA) is 30.5 Å². The van der Waals surface area contributed by atoms with Crippen molar-refractivity contribution in [2.45, 2.75) is 19.4 Å². The predicted octanol–water partition coefficient (Wildman–Crippen LogP) is 2.13. The van der Waals surface area contributed by atoms with Crippen LogP contribution in [0, 0.1) is 0 Å². The molecule has 2 rings (SSSR count). The standard InChI is InChI=1S/C12H17NO2/c1-3-15-11-6-4-5-9(12(11)14-2)10-7-8-13-10/h4-6,10,13H,3,7-8H2,1-2H3. The summed E-state index contributed by atoms with van der Waals surface area (Å²) < 4.78 is 11.0. The molecule has 0 saturated carbocycles. The third-order valence-corrected chi connectivity index (χ3v) is 2.71. The van der Waals surface area contributed by atoms with Gasteiger partial charge in [0.05, 0.1) is 13.7 Å². The quantitative estimate of drug-likeness (QED) is 0.820. The monoisotopic (exact) mass is 207 g/mol. The van der Waals surface area contributed by atoms with Gasteiger partial charge in [0.25, 0.3) is 0 Å². The van der Waals surface area contributed by atoms with Crippen molar-refractivity contribution < 1.29 is 9.47 Å². The van der Waals surface area contributed by atoms with Crippen LogP contribution in [-0.4, -0.2) is 20.3 Å². The minimum absolute atomic E-state index is 0.431. The molecule has 15 heavy (non-hydrogen) atoms. The Morgan fingerprint density at radius 3 is 2.80 bits per heavy atom. The highest BCUT2D eigenvalue weighted by atomic mass is 16.5. The van der Waals surface area contributed by atoms with Crippen molar-refractivity contribution in [2.24, 2.45) is 0 Å². The van der Waals surface area contributed by atoms with Crippen LogP contribution in [-0.2, 0) is 0 Å². The third-order valence-electron chi connectivity index (χ3n) is 2.71. The molecule has 0 radical (unpaired) electrons. The number of ether oxygens (including phenoxy) is 2. The Morgan fingerprint density at radius 1 is 1.47 bits per heavy atom. The fourth-order valence-electron chi connectivity index (χ4n) is 1.85. The number of para-hydroxylation sites is 1. The Balaban J connectivity index is 2.31. The van der Waals surface area contributed by atoms with Crippen molar-refractivity contribution in [3.63, 3.8) is 0 Å². The van der Waals surface area contributed by atoms with Gasteiger partial charge < -0.3 is 14.8 Å². The first-order valence-electron chi connectivity index (χ1n) is 5.40. The van der Waals surface area contributed by atoms with Crippen LogP contribution in [0.2, 0.25) is 0 Å². The molecule has 0 aliphatic carbocycles. The third kappa shape index (κ3) is 1.92. The van der Waals surface area contributed by atoms with Crippen molar-refractivity contribution in [1.29, 1.82) is 0 Å². The van der Waals surface area contributed by atoms with Crippen molar-refractivity contribution in [1.82, 2.24) is 5.32 Å². The van der Waals surface area contributed by atoms with Gasteiger partial charge in [0, 0.05) is 11.6 Å². The van der Waals surface area contributed by atoms with E-state index in [1.807, 2.05) is 19.1 Å². The van der Waals surface area contributed by atoms with E-state index >= 15 is 0 Å². The lowest BCUT2D eigenvalue weighted by molar-refractivity contribution is 0.300. The van der Waals surface area contributed by atoms with Crippen LogP contribution < -0.4 is 14.8 Å². The van der Waals surface area contributed by atoms with Crippen molar-refractivity contribution >= 4 is 0 Å². The van der Waals surface area contributed by atoms with Crippen LogP contribution >= 0.6 is 0 Å². The molecule has 0 bridgehead atoms. The summed E-state index contributed by atoms with van der Waals surface area (Å²) in [5.41, 5.74) is 1.20. The zero-order chi connectivity index (χ0) is 10.7. The molecule has 1 heterocycles. The number of benzene rings is 1. The largest absolute Gasteiger partial charge is 0.493 e. The minimum Gasteiger partial charge on any atom is -0.493 e. The van der Waals surface area contributed by atoms with E-state index in [9.17, 15) is 0 Å². The lowest BCUT2D eigenvalue weighted by Crippen LogP contribution is -2.35. The molecule has 3 heteroatoms. The van der Waals surface area contributed by atoms with E-state index in [-0.39, 0.29) is 0 Å². The van der Waals surface area contributed by atoms with Crippen LogP contribution in [0.5, 0.6) is 11.5 Å². The first-order chi connectivity index (χ1) is 7.36. The summed E-state index contributed by atoms with van der Waals surface area (Å²) in [6.45, 7) is 3.73. The summed E-state index contributed by atoms with van der Waals surface area (Å²) >= 11 is 0. The maximum Gasteiger partial charge on any atom is 0.165 e. The molecule has 1 aromatic rings. The first-order valence-corrected chi connectivity index (χ1v) is 5.40. The molecule has 1 fully saturated rings.